The van der Waals surface area contributed by atoms with Crippen LogP contribution in [0.3, 0.4) is 0 Å². The van der Waals surface area contributed by atoms with E-state index < -0.39 is 17.7 Å². The molecule has 0 bridgehead atoms. The summed E-state index contributed by atoms with van der Waals surface area (Å²) in [6, 6.07) is 13.9. The van der Waals surface area contributed by atoms with Crippen LogP contribution in [0, 0.1) is 23.0 Å². The van der Waals surface area contributed by atoms with Crippen molar-refractivity contribution in [1.29, 1.82) is 5.26 Å². The summed E-state index contributed by atoms with van der Waals surface area (Å²) in [6.45, 7) is 0.456. The Balaban J connectivity index is 2.10. The highest BCUT2D eigenvalue weighted by Crippen LogP contribution is 2.16. The minimum absolute atomic E-state index is 0.288. The topological polar surface area (TPSA) is 35.8 Å². The van der Waals surface area contributed by atoms with E-state index >= 15 is 0 Å². The van der Waals surface area contributed by atoms with Crippen LogP contribution in [0.1, 0.15) is 17.2 Å². The Labute approximate surface area is 110 Å². The van der Waals surface area contributed by atoms with E-state index in [1.807, 2.05) is 36.4 Å². The lowest BCUT2D eigenvalue weighted by Crippen LogP contribution is -2.19. The zero-order valence-electron chi connectivity index (χ0n) is 10.1. The lowest BCUT2D eigenvalue weighted by atomic mass is 10.1. The third-order valence-electron chi connectivity index (χ3n) is 2.70. The Hall–Kier alpha value is -2.25. The smallest absolute Gasteiger partial charge is 0.126 e. The van der Waals surface area contributed by atoms with Crippen LogP contribution < -0.4 is 5.32 Å². The van der Waals surface area contributed by atoms with E-state index in [0.29, 0.717) is 6.54 Å². The molecule has 1 N–H and O–H groups in total. The molecule has 0 saturated carbocycles. The number of hydrogen-bond donors (Lipinski definition) is 1. The summed E-state index contributed by atoms with van der Waals surface area (Å²) in [5.74, 6) is -1.37. The molecule has 1 atom stereocenters. The Morgan fingerprint density at radius 1 is 1.05 bits per heavy atom. The molecule has 2 aromatic rings. The van der Waals surface area contributed by atoms with Gasteiger partial charge in [0.2, 0.25) is 0 Å². The molecule has 0 radical (unpaired) electrons. The van der Waals surface area contributed by atoms with Crippen LogP contribution in [0.2, 0.25) is 0 Å². The van der Waals surface area contributed by atoms with Gasteiger partial charge in [0.1, 0.15) is 17.7 Å². The number of nitrogens with zero attached hydrogens (tertiary/aromatic N) is 1. The Bertz CT molecular complexity index is 571. The lowest BCUT2D eigenvalue weighted by Gasteiger charge is -2.12. The first-order chi connectivity index (χ1) is 9.19. The van der Waals surface area contributed by atoms with Crippen LogP contribution >= 0.6 is 0 Å². The van der Waals surface area contributed by atoms with Crippen molar-refractivity contribution < 1.29 is 8.78 Å². The number of rotatable bonds is 4. The van der Waals surface area contributed by atoms with Gasteiger partial charge in [0, 0.05) is 12.6 Å². The number of nitriles is 1. The van der Waals surface area contributed by atoms with Crippen molar-refractivity contribution in [2.75, 3.05) is 0 Å². The van der Waals surface area contributed by atoms with Crippen LogP contribution in [0.15, 0.2) is 48.5 Å². The summed E-state index contributed by atoms with van der Waals surface area (Å²) in [5.41, 5.74) is 1.29. The maximum absolute atomic E-state index is 13.1. The SMILES string of the molecule is N#C[C@@H](NCc1ccccc1)c1cc(F)cc(F)c1. The fourth-order valence-electron chi connectivity index (χ4n) is 1.80. The summed E-state index contributed by atoms with van der Waals surface area (Å²) >= 11 is 0. The third kappa shape index (κ3) is 3.60. The van der Waals surface area contributed by atoms with Crippen LogP contribution in [0.5, 0.6) is 0 Å². The molecule has 2 nitrogen and oxygen atoms in total. The first-order valence-electron chi connectivity index (χ1n) is 5.82. The van der Waals surface area contributed by atoms with Gasteiger partial charge in [-0.05, 0) is 23.3 Å². The Morgan fingerprint density at radius 2 is 1.68 bits per heavy atom. The van der Waals surface area contributed by atoms with Gasteiger partial charge in [0.25, 0.3) is 0 Å². The average Bonchev–Trinajstić information content (AvgIpc) is 2.39. The predicted octanol–water partition coefficient (Wildman–Crippen LogP) is 3.32. The van der Waals surface area contributed by atoms with Gasteiger partial charge in [-0.15, -0.1) is 0 Å². The average molecular weight is 258 g/mol. The van der Waals surface area contributed by atoms with Crippen LogP contribution in [0.25, 0.3) is 0 Å². The van der Waals surface area contributed by atoms with Crippen LogP contribution in [-0.4, -0.2) is 0 Å². The fraction of sp³-hybridized carbons (Fsp3) is 0.133. The molecule has 0 unspecified atom stereocenters. The highest BCUT2D eigenvalue weighted by atomic mass is 19.1. The van der Waals surface area contributed by atoms with E-state index in [2.05, 4.69) is 5.32 Å². The molecule has 0 aromatic heterocycles. The Kier molecular flexibility index (Phi) is 4.22. The van der Waals surface area contributed by atoms with Gasteiger partial charge in [-0.2, -0.15) is 5.26 Å². The molecular formula is C15H12F2N2. The molecule has 4 heteroatoms. The third-order valence-corrected chi connectivity index (χ3v) is 2.70. The monoisotopic (exact) mass is 258 g/mol. The molecule has 2 rings (SSSR count). The van der Waals surface area contributed by atoms with Gasteiger partial charge in [0.05, 0.1) is 6.07 Å². The summed E-state index contributed by atoms with van der Waals surface area (Å²) < 4.78 is 26.2. The molecule has 2 aromatic carbocycles. The van der Waals surface area contributed by atoms with E-state index in [4.69, 9.17) is 5.26 Å². The second-order valence-electron chi connectivity index (χ2n) is 4.13. The van der Waals surface area contributed by atoms with Crippen LogP contribution in [-0.2, 0) is 6.54 Å². The van der Waals surface area contributed by atoms with Crippen molar-refractivity contribution in [3.63, 3.8) is 0 Å². The largest absolute Gasteiger partial charge is 0.294 e. The van der Waals surface area contributed by atoms with Gasteiger partial charge >= 0.3 is 0 Å². The van der Waals surface area contributed by atoms with Crippen LogP contribution in [0.4, 0.5) is 8.78 Å². The first-order valence-corrected chi connectivity index (χ1v) is 5.82. The minimum Gasteiger partial charge on any atom is -0.294 e. The Morgan fingerprint density at radius 3 is 2.26 bits per heavy atom. The van der Waals surface area contributed by atoms with E-state index in [1.54, 1.807) is 0 Å². The molecule has 0 heterocycles. The maximum atomic E-state index is 13.1. The van der Waals surface area contributed by atoms with Crippen molar-refractivity contribution in [2.45, 2.75) is 12.6 Å². The summed E-state index contributed by atoms with van der Waals surface area (Å²) in [7, 11) is 0. The molecular weight excluding hydrogens is 246 g/mol. The molecule has 0 aliphatic rings. The second kappa shape index (κ2) is 6.07. The van der Waals surface area contributed by atoms with Crippen molar-refractivity contribution in [2.24, 2.45) is 0 Å². The fourth-order valence-corrected chi connectivity index (χ4v) is 1.80. The zero-order chi connectivity index (χ0) is 13.7. The van der Waals surface area contributed by atoms with Crippen molar-refractivity contribution >= 4 is 0 Å². The molecule has 0 saturated heterocycles. The van der Waals surface area contributed by atoms with Crippen molar-refractivity contribution in [3.05, 3.63) is 71.3 Å². The van der Waals surface area contributed by atoms with Crippen molar-refractivity contribution in [3.8, 4) is 6.07 Å². The van der Waals surface area contributed by atoms with Gasteiger partial charge in [-0.3, -0.25) is 5.32 Å². The molecule has 0 spiro atoms. The molecule has 0 fully saturated rings. The van der Waals surface area contributed by atoms with E-state index in [1.165, 1.54) is 0 Å². The predicted molar refractivity (Wildman–Crippen MR) is 68.0 cm³/mol. The number of hydrogen-bond acceptors (Lipinski definition) is 2. The van der Waals surface area contributed by atoms with E-state index in [9.17, 15) is 8.78 Å². The van der Waals surface area contributed by atoms with Gasteiger partial charge in [-0.25, -0.2) is 8.78 Å². The zero-order valence-corrected chi connectivity index (χ0v) is 10.1. The number of nitrogens with one attached hydrogen (secondary N) is 1. The summed E-state index contributed by atoms with van der Waals surface area (Å²) in [4.78, 5) is 0. The van der Waals surface area contributed by atoms with Crippen molar-refractivity contribution in [1.82, 2.24) is 5.32 Å². The second-order valence-corrected chi connectivity index (χ2v) is 4.13. The lowest BCUT2D eigenvalue weighted by molar-refractivity contribution is 0.566. The van der Waals surface area contributed by atoms with Gasteiger partial charge in [0.15, 0.2) is 0 Å². The number of benzene rings is 2. The van der Waals surface area contributed by atoms with Gasteiger partial charge < -0.3 is 0 Å². The molecule has 0 amide bonds. The van der Waals surface area contributed by atoms with Gasteiger partial charge in [-0.1, -0.05) is 30.3 Å². The minimum atomic E-state index is -0.745. The summed E-state index contributed by atoms with van der Waals surface area (Å²) in [5, 5.41) is 12.0. The standard InChI is InChI=1S/C15H12F2N2/c16-13-6-12(7-14(17)8-13)15(9-18)19-10-11-4-2-1-3-5-11/h1-8,15,19H,10H2/t15-/m1/s1. The van der Waals surface area contributed by atoms with E-state index in [0.717, 1.165) is 23.8 Å². The quantitative estimate of drug-likeness (QED) is 0.913. The highest BCUT2D eigenvalue weighted by Gasteiger charge is 2.12. The molecule has 0 aliphatic carbocycles. The molecule has 96 valence electrons. The number of halogens is 2. The maximum Gasteiger partial charge on any atom is 0.126 e. The van der Waals surface area contributed by atoms with E-state index in [-0.39, 0.29) is 5.56 Å². The molecule has 19 heavy (non-hydrogen) atoms. The summed E-state index contributed by atoms with van der Waals surface area (Å²) in [6.07, 6.45) is 0. The normalized spacial score (nSPS) is 11.8. The first kappa shape index (κ1) is 13.2. The highest BCUT2D eigenvalue weighted by molar-refractivity contribution is 5.26. The molecule has 0 aliphatic heterocycles.